The first-order valence-corrected chi connectivity index (χ1v) is 10.5. The Balaban J connectivity index is 1.49. The van der Waals surface area contributed by atoms with E-state index in [2.05, 4.69) is 32.0 Å². The maximum atomic E-state index is 5.83. The minimum Gasteiger partial charge on any atom is -0.297 e. The van der Waals surface area contributed by atoms with Gasteiger partial charge < -0.3 is 0 Å². The van der Waals surface area contributed by atoms with Crippen LogP contribution in [0.25, 0.3) is 11.4 Å². The Hall–Kier alpha value is -1.83. The summed E-state index contributed by atoms with van der Waals surface area (Å²) in [5, 5.41) is 7.10. The SMILES string of the molecule is S=c1n(CN2CCC[C@H]2c2cccs2)nc(-c2ccncc2)n1C1CC1. The van der Waals surface area contributed by atoms with Crippen LogP contribution in [0.5, 0.6) is 0 Å². The van der Waals surface area contributed by atoms with E-state index in [1.54, 1.807) is 0 Å². The molecule has 134 valence electrons. The van der Waals surface area contributed by atoms with Gasteiger partial charge in [0.15, 0.2) is 10.6 Å². The minimum absolute atomic E-state index is 0.493. The Bertz CT molecular complexity index is 940. The first-order chi connectivity index (χ1) is 12.8. The minimum atomic E-state index is 0.493. The maximum absolute atomic E-state index is 5.83. The van der Waals surface area contributed by atoms with E-state index >= 15 is 0 Å². The molecule has 0 amide bonds. The molecule has 26 heavy (non-hydrogen) atoms. The number of hydrogen-bond acceptors (Lipinski definition) is 5. The van der Waals surface area contributed by atoms with Crippen LogP contribution in [-0.4, -0.2) is 30.8 Å². The normalized spacial score (nSPS) is 20.7. The van der Waals surface area contributed by atoms with E-state index in [-0.39, 0.29) is 0 Å². The van der Waals surface area contributed by atoms with Gasteiger partial charge in [-0.3, -0.25) is 14.5 Å². The van der Waals surface area contributed by atoms with Crippen molar-refractivity contribution < 1.29 is 0 Å². The molecular weight excluding hydrogens is 362 g/mol. The van der Waals surface area contributed by atoms with Crippen LogP contribution < -0.4 is 0 Å². The Morgan fingerprint density at radius 1 is 1.15 bits per heavy atom. The van der Waals surface area contributed by atoms with Crippen LogP contribution in [0.1, 0.15) is 42.6 Å². The second-order valence-electron chi connectivity index (χ2n) is 7.07. The van der Waals surface area contributed by atoms with E-state index in [9.17, 15) is 0 Å². The quantitative estimate of drug-likeness (QED) is 0.600. The van der Waals surface area contributed by atoms with Gasteiger partial charge in [0, 0.05) is 41.5 Å². The van der Waals surface area contributed by atoms with Gasteiger partial charge in [0.2, 0.25) is 0 Å². The van der Waals surface area contributed by atoms with Crippen LogP contribution in [0.15, 0.2) is 42.0 Å². The fourth-order valence-corrected chi connectivity index (χ4v) is 5.07. The second kappa shape index (κ2) is 6.72. The van der Waals surface area contributed by atoms with Crippen LogP contribution in [-0.2, 0) is 6.67 Å². The zero-order valence-electron chi connectivity index (χ0n) is 14.5. The molecule has 0 unspecified atom stereocenters. The van der Waals surface area contributed by atoms with E-state index < -0.39 is 0 Å². The van der Waals surface area contributed by atoms with Gasteiger partial charge in [-0.15, -0.1) is 11.3 Å². The van der Waals surface area contributed by atoms with Crippen molar-refractivity contribution in [2.24, 2.45) is 0 Å². The van der Waals surface area contributed by atoms with Gasteiger partial charge in [0.25, 0.3) is 0 Å². The van der Waals surface area contributed by atoms with Crippen molar-refractivity contribution >= 4 is 23.6 Å². The number of pyridine rings is 1. The van der Waals surface area contributed by atoms with Crippen LogP contribution in [0.2, 0.25) is 0 Å². The van der Waals surface area contributed by atoms with Crippen molar-refractivity contribution in [1.29, 1.82) is 0 Å². The molecule has 3 aromatic heterocycles. The van der Waals surface area contributed by atoms with E-state index in [4.69, 9.17) is 17.3 Å². The van der Waals surface area contributed by atoms with Crippen molar-refractivity contribution in [1.82, 2.24) is 24.2 Å². The number of aromatic nitrogens is 4. The lowest BCUT2D eigenvalue weighted by Gasteiger charge is -2.23. The molecule has 5 nitrogen and oxygen atoms in total. The highest BCUT2D eigenvalue weighted by Gasteiger charge is 2.31. The van der Waals surface area contributed by atoms with Crippen LogP contribution in [0.3, 0.4) is 0 Å². The maximum Gasteiger partial charge on any atom is 0.199 e. The van der Waals surface area contributed by atoms with E-state index in [1.165, 1.54) is 30.6 Å². The van der Waals surface area contributed by atoms with Gasteiger partial charge >= 0.3 is 0 Å². The zero-order valence-corrected chi connectivity index (χ0v) is 16.1. The van der Waals surface area contributed by atoms with Gasteiger partial charge in [-0.2, -0.15) is 5.10 Å². The molecule has 0 spiro atoms. The van der Waals surface area contributed by atoms with Crippen molar-refractivity contribution in [3.63, 3.8) is 0 Å². The lowest BCUT2D eigenvalue weighted by molar-refractivity contribution is 0.192. The molecule has 1 saturated carbocycles. The standard InChI is InChI=1S/C19H21N5S2/c25-19-23(13-22-11-1-3-16(22)17-4-2-12-26-17)21-18(24(19)15-5-6-15)14-7-9-20-10-8-14/h2,4,7-10,12,15-16H,1,3,5-6,11,13H2/t16-/m0/s1. The monoisotopic (exact) mass is 383 g/mol. The predicted octanol–water partition coefficient (Wildman–Crippen LogP) is 4.67. The molecule has 2 fully saturated rings. The number of nitrogens with zero attached hydrogens (tertiary/aromatic N) is 5. The fourth-order valence-electron chi connectivity index (χ4n) is 3.84. The van der Waals surface area contributed by atoms with E-state index in [0.29, 0.717) is 12.1 Å². The molecule has 1 atom stereocenters. The highest BCUT2D eigenvalue weighted by Crippen LogP contribution is 2.39. The molecule has 0 bridgehead atoms. The highest BCUT2D eigenvalue weighted by atomic mass is 32.1. The molecule has 0 N–H and O–H groups in total. The molecule has 0 aromatic carbocycles. The first kappa shape index (κ1) is 16.4. The summed E-state index contributed by atoms with van der Waals surface area (Å²) < 4.78 is 5.12. The van der Waals surface area contributed by atoms with Crippen LogP contribution in [0.4, 0.5) is 0 Å². The van der Waals surface area contributed by atoms with E-state index in [1.807, 2.05) is 40.5 Å². The Morgan fingerprint density at radius 2 is 2.00 bits per heavy atom. The summed E-state index contributed by atoms with van der Waals surface area (Å²) >= 11 is 7.68. The Labute approximate surface area is 161 Å². The molecule has 1 saturated heterocycles. The molecule has 7 heteroatoms. The average Bonchev–Trinajstić information content (AvgIpc) is 3.07. The Kier molecular flexibility index (Phi) is 4.23. The van der Waals surface area contributed by atoms with Gasteiger partial charge in [-0.1, -0.05) is 6.07 Å². The topological polar surface area (TPSA) is 38.9 Å². The summed E-state index contributed by atoms with van der Waals surface area (Å²) in [6, 6.07) is 9.43. The summed E-state index contributed by atoms with van der Waals surface area (Å²) in [5.41, 5.74) is 1.09. The smallest absolute Gasteiger partial charge is 0.199 e. The molecule has 2 aliphatic rings. The number of hydrogen-bond donors (Lipinski definition) is 0. The third-order valence-corrected chi connectivity index (χ3v) is 6.65. The first-order valence-electron chi connectivity index (χ1n) is 9.18. The number of thiophene rings is 1. The zero-order chi connectivity index (χ0) is 17.5. The lowest BCUT2D eigenvalue weighted by atomic mass is 10.2. The van der Waals surface area contributed by atoms with Crippen LogP contribution >= 0.6 is 23.6 Å². The predicted molar refractivity (Wildman–Crippen MR) is 106 cm³/mol. The van der Waals surface area contributed by atoms with Crippen molar-refractivity contribution in [3.8, 4) is 11.4 Å². The van der Waals surface area contributed by atoms with E-state index in [0.717, 1.165) is 29.4 Å². The summed E-state index contributed by atoms with van der Waals surface area (Å²) in [5.74, 6) is 0.978. The fraction of sp³-hybridized carbons (Fsp3) is 0.421. The van der Waals surface area contributed by atoms with Crippen molar-refractivity contribution in [2.75, 3.05) is 6.54 Å². The highest BCUT2D eigenvalue weighted by molar-refractivity contribution is 7.71. The molecule has 4 heterocycles. The van der Waals surface area contributed by atoms with Gasteiger partial charge in [-0.25, -0.2) is 4.68 Å². The largest absolute Gasteiger partial charge is 0.297 e. The van der Waals surface area contributed by atoms with Crippen LogP contribution in [0, 0.1) is 4.77 Å². The molecule has 1 aliphatic carbocycles. The molecular formula is C19H21N5S2. The summed E-state index contributed by atoms with van der Waals surface area (Å²) in [4.78, 5) is 8.10. The third kappa shape index (κ3) is 2.94. The van der Waals surface area contributed by atoms with Gasteiger partial charge in [-0.05, 0) is 61.5 Å². The van der Waals surface area contributed by atoms with Crippen molar-refractivity contribution in [2.45, 2.75) is 44.4 Å². The molecule has 1 aliphatic heterocycles. The van der Waals surface area contributed by atoms with Gasteiger partial charge in [0.05, 0.1) is 6.67 Å². The second-order valence-corrected chi connectivity index (χ2v) is 8.41. The molecule has 0 radical (unpaired) electrons. The summed E-state index contributed by atoms with van der Waals surface area (Å²) in [7, 11) is 0. The summed E-state index contributed by atoms with van der Waals surface area (Å²) in [6.07, 6.45) is 8.48. The molecule has 5 rings (SSSR count). The number of likely N-dealkylation sites (tertiary alicyclic amines) is 1. The van der Waals surface area contributed by atoms with Crippen molar-refractivity contribution in [3.05, 3.63) is 51.7 Å². The average molecular weight is 384 g/mol. The van der Waals surface area contributed by atoms with Gasteiger partial charge in [0.1, 0.15) is 0 Å². The molecule has 3 aromatic rings. The number of rotatable bonds is 5. The summed E-state index contributed by atoms with van der Waals surface area (Å²) in [6.45, 7) is 1.87. The Morgan fingerprint density at radius 3 is 2.73 bits per heavy atom. The third-order valence-electron chi connectivity index (χ3n) is 5.27. The lowest BCUT2D eigenvalue weighted by Crippen LogP contribution is -2.26.